The summed E-state index contributed by atoms with van der Waals surface area (Å²) < 4.78 is 15.9. The monoisotopic (exact) mass is 384 g/mol. The van der Waals surface area contributed by atoms with Crippen LogP contribution in [0, 0.1) is 0 Å². The topological polar surface area (TPSA) is 126 Å². The zero-order chi connectivity index (χ0) is 20.5. The Morgan fingerprint density at radius 2 is 1.52 bits per heavy atom. The molecule has 0 spiro atoms. The average Bonchev–Trinajstić information content (AvgIpc) is 2.61. The maximum Gasteiger partial charge on any atom is 0.337 e. The van der Waals surface area contributed by atoms with Gasteiger partial charge in [0.05, 0.1) is 7.11 Å². The van der Waals surface area contributed by atoms with E-state index in [1.165, 1.54) is 0 Å². The number of phenolic OH excluding ortho intramolecular Hbond substituents is 1. The molecule has 0 saturated carbocycles. The summed E-state index contributed by atoms with van der Waals surface area (Å²) in [5.74, 6) is -0.438. The molecule has 4 N–H and O–H groups in total. The molecule has 2 rings (SSSR count). The summed E-state index contributed by atoms with van der Waals surface area (Å²) in [6.45, 7) is 7.67. The average molecular weight is 384 g/mol. The lowest BCUT2D eigenvalue weighted by Crippen LogP contribution is -2.61. The number of phenols is 1. The van der Waals surface area contributed by atoms with Gasteiger partial charge in [-0.2, -0.15) is 0 Å². The Labute approximate surface area is 158 Å². The molecule has 1 aromatic carbocycles. The molecule has 1 aromatic rings. The Hall–Kier alpha value is -1.87. The minimum atomic E-state index is -1.66. The molecule has 8 nitrogen and oxygen atoms in total. The highest BCUT2D eigenvalue weighted by atomic mass is 16.7. The maximum atomic E-state index is 11.8. The fourth-order valence-electron chi connectivity index (χ4n) is 3.02. The molecule has 0 bridgehead atoms. The van der Waals surface area contributed by atoms with Crippen molar-refractivity contribution in [3.05, 3.63) is 23.3 Å². The van der Waals surface area contributed by atoms with E-state index in [1.807, 2.05) is 27.7 Å². The van der Waals surface area contributed by atoms with Crippen molar-refractivity contribution in [2.45, 2.75) is 70.2 Å². The lowest BCUT2D eigenvalue weighted by Gasteiger charge is -2.39. The third-order valence-electron chi connectivity index (χ3n) is 4.61. The fourth-order valence-corrected chi connectivity index (χ4v) is 3.02. The van der Waals surface area contributed by atoms with Gasteiger partial charge in [0.15, 0.2) is 6.10 Å². The summed E-state index contributed by atoms with van der Waals surface area (Å²) in [6, 6.07) is 3.12. The fraction of sp³-hybridized carbons (Fsp3) is 0.632. The summed E-state index contributed by atoms with van der Waals surface area (Å²) in [5, 5.41) is 40.4. The number of esters is 1. The SMILES string of the molecule is COC(=O)[C@H]1O[C@@H](Oc2c(C(C)C)cc(O)cc2C(C)C)[C@H](O)[C@@H](O)[C@@H]1O. The number of aliphatic hydroxyl groups is 3. The Balaban J connectivity index is 2.43. The molecule has 27 heavy (non-hydrogen) atoms. The van der Waals surface area contributed by atoms with E-state index >= 15 is 0 Å². The van der Waals surface area contributed by atoms with Crippen molar-refractivity contribution in [3.63, 3.8) is 0 Å². The van der Waals surface area contributed by atoms with Crippen molar-refractivity contribution >= 4 is 5.97 Å². The number of aliphatic hydroxyl groups excluding tert-OH is 3. The molecular formula is C19H28O8. The second-order valence-corrected chi connectivity index (χ2v) is 7.30. The normalized spacial score (nSPS) is 28.4. The van der Waals surface area contributed by atoms with E-state index in [9.17, 15) is 25.2 Å². The van der Waals surface area contributed by atoms with Crippen molar-refractivity contribution in [2.24, 2.45) is 0 Å². The minimum absolute atomic E-state index is 0.0164. The van der Waals surface area contributed by atoms with Crippen LogP contribution in [0.1, 0.15) is 50.7 Å². The van der Waals surface area contributed by atoms with Crippen molar-refractivity contribution in [3.8, 4) is 11.5 Å². The van der Waals surface area contributed by atoms with E-state index in [1.54, 1.807) is 12.1 Å². The number of carbonyl (C=O) groups is 1. The molecule has 152 valence electrons. The van der Waals surface area contributed by atoms with Gasteiger partial charge in [-0.3, -0.25) is 0 Å². The van der Waals surface area contributed by atoms with Gasteiger partial charge in [0.25, 0.3) is 0 Å². The lowest BCUT2D eigenvalue weighted by molar-refractivity contribution is -0.272. The number of methoxy groups -OCH3 is 1. The van der Waals surface area contributed by atoms with Crippen molar-refractivity contribution in [1.82, 2.24) is 0 Å². The summed E-state index contributed by atoms with van der Waals surface area (Å²) in [6.07, 6.45) is -7.81. The van der Waals surface area contributed by atoms with Crippen LogP contribution in [0.4, 0.5) is 0 Å². The number of aromatic hydroxyl groups is 1. The molecule has 0 aromatic heterocycles. The molecule has 0 radical (unpaired) electrons. The molecule has 1 aliphatic rings. The van der Waals surface area contributed by atoms with E-state index in [0.29, 0.717) is 16.9 Å². The first kappa shape index (κ1) is 21.4. The maximum absolute atomic E-state index is 11.8. The van der Waals surface area contributed by atoms with E-state index < -0.39 is 36.7 Å². The molecule has 1 aliphatic heterocycles. The number of ether oxygens (including phenoxy) is 3. The van der Waals surface area contributed by atoms with Crippen LogP contribution in [0.25, 0.3) is 0 Å². The highest BCUT2D eigenvalue weighted by molar-refractivity contribution is 5.75. The smallest absolute Gasteiger partial charge is 0.337 e. The van der Waals surface area contributed by atoms with Crippen molar-refractivity contribution in [2.75, 3.05) is 7.11 Å². The molecular weight excluding hydrogens is 356 g/mol. The van der Waals surface area contributed by atoms with Crippen LogP contribution >= 0.6 is 0 Å². The lowest BCUT2D eigenvalue weighted by atomic mass is 9.93. The zero-order valence-corrected chi connectivity index (χ0v) is 16.1. The predicted molar refractivity (Wildman–Crippen MR) is 95.6 cm³/mol. The van der Waals surface area contributed by atoms with E-state index in [2.05, 4.69) is 4.74 Å². The molecule has 1 saturated heterocycles. The Bertz CT molecular complexity index is 643. The van der Waals surface area contributed by atoms with Gasteiger partial charge in [-0.15, -0.1) is 0 Å². The first-order valence-corrected chi connectivity index (χ1v) is 8.89. The van der Waals surface area contributed by atoms with Gasteiger partial charge in [0.1, 0.15) is 29.8 Å². The molecule has 1 fully saturated rings. The van der Waals surface area contributed by atoms with Gasteiger partial charge in [-0.1, -0.05) is 27.7 Å². The Morgan fingerprint density at radius 1 is 1.00 bits per heavy atom. The van der Waals surface area contributed by atoms with Crippen LogP contribution in [0.2, 0.25) is 0 Å². The van der Waals surface area contributed by atoms with Crippen molar-refractivity contribution in [1.29, 1.82) is 0 Å². The predicted octanol–water partition coefficient (Wildman–Crippen LogP) is 0.998. The molecule has 0 amide bonds. The molecule has 1 heterocycles. The van der Waals surface area contributed by atoms with Crippen LogP contribution in [0.5, 0.6) is 11.5 Å². The highest BCUT2D eigenvalue weighted by Gasteiger charge is 2.48. The first-order valence-electron chi connectivity index (χ1n) is 8.89. The molecule has 5 atom stereocenters. The summed E-state index contributed by atoms with van der Waals surface area (Å²) in [4.78, 5) is 11.8. The van der Waals surface area contributed by atoms with E-state index in [4.69, 9.17) is 9.47 Å². The van der Waals surface area contributed by atoms with Crippen LogP contribution in [-0.2, 0) is 14.3 Å². The third-order valence-corrected chi connectivity index (χ3v) is 4.61. The quantitative estimate of drug-likeness (QED) is 0.554. The minimum Gasteiger partial charge on any atom is -0.508 e. The van der Waals surface area contributed by atoms with Crippen LogP contribution in [0.3, 0.4) is 0 Å². The van der Waals surface area contributed by atoms with Gasteiger partial charge in [0.2, 0.25) is 6.29 Å². The number of carbonyl (C=O) groups excluding carboxylic acids is 1. The van der Waals surface area contributed by atoms with E-state index in [0.717, 1.165) is 7.11 Å². The standard InChI is InChI=1S/C19H28O8/c1-8(2)11-6-10(20)7-12(9(3)4)16(11)26-19-15(23)13(21)14(22)17(27-19)18(24)25-5/h6-9,13-15,17,19-23H,1-5H3/t13-,14-,15+,17-,19+/m0/s1. The summed E-state index contributed by atoms with van der Waals surface area (Å²) in [7, 11) is 1.12. The molecule has 0 aliphatic carbocycles. The van der Waals surface area contributed by atoms with E-state index in [-0.39, 0.29) is 17.6 Å². The van der Waals surface area contributed by atoms with Gasteiger partial charge in [-0.05, 0) is 24.0 Å². The van der Waals surface area contributed by atoms with Crippen LogP contribution < -0.4 is 4.74 Å². The van der Waals surface area contributed by atoms with Gasteiger partial charge >= 0.3 is 5.97 Å². The molecule has 0 unspecified atom stereocenters. The van der Waals surface area contributed by atoms with Crippen LogP contribution in [-0.4, -0.2) is 64.2 Å². The van der Waals surface area contributed by atoms with Crippen LogP contribution in [0.15, 0.2) is 12.1 Å². The number of benzene rings is 1. The Kier molecular flexibility index (Phi) is 6.69. The second-order valence-electron chi connectivity index (χ2n) is 7.30. The summed E-state index contributed by atoms with van der Waals surface area (Å²) >= 11 is 0. The largest absolute Gasteiger partial charge is 0.508 e. The summed E-state index contributed by atoms with van der Waals surface area (Å²) in [5.41, 5.74) is 1.37. The number of hydrogen-bond acceptors (Lipinski definition) is 8. The highest BCUT2D eigenvalue weighted by Crippen LogP contribution is 2.39. The van der Waals surface area contributed by atoms with Crippen molar-refractivity contribution < 1.29 is 39.4 Å². The van der Waals surface area contributed by atoms with Gasteiger partial charge < -0.3 is 34.6 Å². The third kappa shape index (κ3) is 4.35. The first-order chi connectivity index (χ1) is 12.6. The van der Waals surface area contributed by atoms with Gasteiger partial charge in [-0.25, -0.2) is 4.79 Å². The number of rotatable bonds is 5. The second kappa shape index (κ2) is 8.43. The Morgan fingerprint density at radius 3 is 1.96 bits per heavy atom. The number of hydrogen-bond donors (Lipinski definition) is 4. The van der Waals surface area contributed by atoms with Gasteiger partial charge in [0, 0.05) is 11.1 Å². The zero-order valence-electron chi connectivity index (χ0n) is 16.1. The molecule has 8 heteroatoms.